The molecule has 2 atom stereocenters. The molecule has 0 bridgehead atoms. The maximum atomic E-state index is 14.4. The van der Waals surface area contributed by atoms with Crippen LogP contribution in [0.1, 0.15) is 18.7 Å². The first-order valence-electron chi connectivity index (χ1n) is 8.91. The number of likely N-dealkylation sites (tertiary alicyclic amines) is 2. The number of ether oxygens (including phenoxy) is 1. The first-order chi connectivity index (χ1) is 12.1. The van der Waals surface area contributed by atoms with Gasteiger partial charge < -0.3 is 14.6 Å². The summed E-state index contributed by atoms with van der Waals surface area (Å²) in [6.07, 6.45) is 0.780. The Hall–Kier alpha value is -1.57. The maximum absolute atomic E-state index is 14.4. The largest absolute Gasteiger partial charge is 0.366 e. The zero-order chi connectivity index (χ0) is 17.4. The molecule has 0 amide bonds. The van der Waals surface area contributed by atoms with Crippen molar-refractivity contribution >= 4 is 11.0 Å². The Morgan fingerprint density at radius 2 is 2.08 bits per heavy atom. The van der Waals surface area contributed by atoms with E-state index in [0.29, 0.717) is 36.0 Å². The van der Waals surface area contributed by atoms with Gasteiger partial charge in [-0.2, -0.15) is 0 Å². The molecule has 1 N–H and O–H groups in total. The van der Waals surface area contributed by atoms with Crippen LogP contribution < -0.4 is 0 Å². The molecule has 1 aromatic heterocycles. The van der Waals surface area contributed by atoms with Gasteiger partial charge in [0.15, 0.2) is 0 Å². The number of benzene rings is 1. The maximum Gasteiger partial charge on any atom is 0.140 e. The van der Waals surface area contributed by atoms with Crippen molar-refractivity contribution in [3.8, 4) is 0 Å². The van der Waals surface area contributed by atoms with Crippen LogP contribution in [0.15, 0.2) is 18.2 Å². The minimum atomic E-state index is -0.971. The smallest absolute Gasteiger partial charge is 0.140 e. The monoisotopic (exact) mass is 350 g/mol. The lowest BCUT2D eigenvalue weighted by atomic mass is 10.0. The molecule has 3 heterocycles. The van der Waals surface area contributed by atoms with E-state index in [4.69, 9.17) is 4.74 Å². The van der Waals surface area contributed by atoms with E-state index < -0.39 is 12.3 Å². The van der Waals surface area contributed by atoms with Crippen molar-refractivity contribution in [3.63, 3.8) is 0 Å². The summed E-state index contributed by atoms with van der Waals surface area (Å²) >= 11 is 0. The second kappa shape index (κ2) is 6.97. The standard InChI is InChI=1S/C18H24F2N4O/c1-23-6-4-13(5-7-23)24-9-14(20)17(10-24)25-11-18-21-15-3-2-12(19)8-16(15)22-18/h2-3,8,13-14,17H,4-7,9-11H2,1H3,(H,21,22)/t14-,17+/m1/s1. The van der Waals surface area contributed by atoms with Gasteiger partial charge in [-0.1, -0.05) is 0 Å². The molecule has 2 fully saturated rings. The van der Waals surface area contributed by atoms with Crippen molar-refractivity contribution in [2.45, 2.75) is 37.8 Å². The van der Waals surface area contributed by atoms with E-state index in [1.54, 1.807) is 6.07 Å². The van der Waals surface area contributed by atoms with Gasteiger partial charge in [0.25, 0.3) is 0 Å². The predicted molar refractivity (Wildman–Crippen MR) is 91.6 cm³/mol. The number of halogens is 2. The van der Waals surface area contributed by atoms with E-state index in [-0.39, 0.29) is 12.4 Å². The topological polar surface area (TPSA) is 44.4 Å². The van der Waals surface area contributed by atoms with Crippen molar-refractivity contribution in [1.82, 2.24) is 19.8 Å². The fourth-order valence-electron chi connectivity index (χ4n) is 3.87. The number of H-pyrrole nitrogens is 1. The number of imidazole rings is 1. The predicted octanol–water partition coefficient (Wildman–Crippen LogP) is 2.34. The van der Waals surface area contributed by atoms with Gasteiger partial charge in [-0.25, -0.2) is 13.8 Å². The third-order valence-electron chi connectivity index (χ3n) is 5.36. The highest BCUT2D eigenvalue weighted by atomic mass is 19.1. The van der Waals surface area contributed by atoms with Gasteiger partial charge in [0.05, 0.1) is 11.0 Å². The van der Waals surface area contributed by atoms with E-state index in [2.05, 4.69) is 26.8 Å². The van der Waals surface area contributed by atoms with Crippen LogP contribution in [0, 0.1) is 5.82 Å². The van der Waals surface area contributed by atoms with Gasteiger partial charge in [-0.15, -0.1) is 0 Å². The van der Waals surface area contributed by atoms with Gasteiger partial charge in [0.1, 0.15) is 30.5 Å². The summed E-state index contributed by atoms with van der Waals surface area (Å²) in [6.45, 7) is 3.43. The molecule has 2 saturated heterocycles. The van der Waals surface area contributed by atoms with E-state index in [1.807, 2.05) is 0 Å². The molecule has 0 aliphatic carbocycles. The molecule has 2 aromatic rings. The number of nitrogens with zero attached hydrogens (tertiary/aromatic N) is 3. The molecule has 2 aliphatic rings. The molecule has 4 rings (SSSR count). The number of aromatic nitrogens is 2. The van der Waals surface area contributed by atoms with E-state index in [0.717, 1.165) is 25.9 Å². The summed E-state index contributed by atoms with van der Waals surface area (Å²) in [5.41, 5.74) is 1.32. The minimum Gasteiger partial charge on any atom is -0.366 e. The molecule has 5 nitrogen and oxygen atoms in total. The lowest BCUT2D eigenvalue weighted by molar-refractivity contribution is 0.00683. The quantitative estimate of drug-likeness (QED) is 0.919. The van der Waals surface area contributed by atoms with Crippen LogP contribution in [-0.2, 0) is 11.3 Å². The lowest BCUT2D eigenvalue weighted by Gasteiger charge is -2.34. The molecule has 25 heavy (non-hydrogen) atoms. The summed E-state index contributed by atoms with van der Waals surface area (Å²) in [6, 6.07) is 4.86. The molecule has 2 aliphatic heterocycles. The minimum absolute atomic E-state index is 0.211. The van der Waals surface area contributed by atoms with Crippen molar-refractivity contribution in [1.29, 1.82) is 0 Å². The Morgan fingerprint density at radius 3 is 2.88 bits per heavy atom. The average molecular weight is 350 g/mol. The van der Waals surface area contributed by atoms with Crippen LogP contribution in [0.25, 0.3) is 11.0 Å². The lowest BCUT2D eigenvalue weighted by Crippen LogP contribution is -2.43. The van der Waals surface area contributed by atoms with Gasteiger partial charge >= 0.3 is 0 Å². The fraction of sp³-hybridized carbons (Fsp3) is 0.611. The molecular formula is C18H24F2N4O. The second-order valence-electron chi connectivity index (χ2n) is 7.20. The first-order valence-corrected chi connectivity index (χ1v) is 8.91. The Labute approximate surface area is 146 Å². The highest BCUT2D eigenvalue weighted by Crippen LogP contribution is 2.25. The average Bonchev–Trinajstić information content (AvgIpc) is 3.16. The van der Waals surface area contributed by atoms with Crippen LogP contribution in [0.2, 0.25) is 0 Å². The third kappa shape index (κ3) is 3.68. The molecule has 0 unspecified atom stereocenters. The Morgan fingerprint density at radius 1 is 1.28 bits per heavy atom. The number of hydrogen-bond acceptors (Lipinski definition) is 4. The number of alkyl halides is 1. The highest BCUT2D eigenvalue weighted by molar-refractivity contribution is 5.74. The molecule has 0 radical (unpaired) electrons. The fourth-order valence-corrected chi connectivity index (χ4v) is 3.87. The number of fused-ring (bicyclic) bond motifs is 1. The van der Waals surface area contributed by atoms with E-state index in [1.165, 1.54) is 12.1 Å². The number of aromatic amines is 1. The summed E-state index contributed by atoms with van der Waals surface area (Å²) in [5, 5.41) is 0. The summed E-state index contributed by atoms with van der Waals surface area (Å²) in [4.78, 5) is 12.0. The zero-order valence-electron chi connectivity index (χ0n) is 14.4. The SMILES string of the molecule is CN1CCC(N2C[C@@H](F)[C@@H](OCc3nc4ccc(F)cc4[nH]3)C2)CC1. The normalized spacial score (nSPS) is 26.7. The van der Waals surface area contributed by atoms with Crippen molar-refractivity contribution in [2.24, 2.45) is 0 Å². The number of nitrogens with one attached hydrogen (secondary N) is 1. The van der Waals surface area contributed by atoms with Gasteiger partial charge in [0.2, 0.25) is 0 Å². The van der Waals surface area contributed by atoms with Gasteiger partial charge in [-0.3, -0.25) is 4.90 Å². The zero-order valence-corrected chi connectivity index (χ0v) is 14.4. The molecular weight excluding hydrogens is 326 g/mol. The molecule has 7 heteroatoms. The number of rotatable bonds is 4. The first kappa shape index (κ1) is 16.9. The number of hydrogen-bond donors (Lipinski definition) is 1. The Bertz CT molecular complexity index is 729. The van der Waals surface area contributed by atoms with E-state index >= 15 is 0 Å². The second-order valence-corrected chi connectivity index (χ2v) is 7.20. The van der Waals surface area contributed by atoms with Crippen LogP contribution in [0.4, 0.5) is 8.78 Å². The summed E-state index contributed by atoms with van der Waals surface area (Å²) in [5.74, 6) is 0.294. The van der Waals surface area contributed by atoms with Crippen molar-refractivity contribution in [2.75, 3.05) is 33.2 Å². The van der Waals surface area contributed by atoms with E-state index in [9.17, 15) is 8.78 Å². The summed E-state index contributed by atoms with van der Waals surface area (Å²) in [7, 11) is 2.13. The van der Waals surface area contributed by atoms with Crippen LogP contribution in [0.3, 0.4) is 0 Å². The Kier molecular flexibility index (Phi) is 4.71. The molecule has 1 aromatic carbocycles. The Balaban J connectivity index is 1.34. The number of piperidine rings is 1. The van der Waals surface area contributed by atoms with Crippen LogP contribution in [0.5, 0.6) is 0 Å². The van der Waals surface area contributed by atoms with Crippen LogP contribution in [-0.4, -0.2) is 71.3 Å². The third-order valence-corrected chi connectivity index (χ3v) is 5.36. The highest BCUT2D eigenvalue weighted by Gasteiger charge is 2.37. The van der Waals surface area contributed by atoms with Crippen LogP contribution >= 0.6 is 0 Å². The van der Waals surface area contributed by atoms with Crippen molar-refractivity contribution in [3.05, 3.63) is 29.8 Å². The summed E-state index contributed by atoms with van der Waals surface area (Å²) < 4.78 is 33.4. The van der Waals surface area contributed by atoms with Crippen molar-refractivity contribution < 1.29 is 13.5 Å². The molecule has 0 spiro atoms. The molecule has 0 saturated carbocycles. The van der Waals surface area contributed by atoms with Gasteiger partial charge in [0, 0.05) is 19.1 Å². The molecule has 136 valence electrons. The van der Waals surface area contributed by atoms with Gasteiger partial charge in [-0.05, 0) is 51.2 Å².